The number of benzene rings is 2. The molecule has 1 spiro atoms. The SMILES string of the molecule is COC(=O)N1c2ccc(-c3ccc(S(C)(=O)=O)cc3)cc2N(C(=O)OC2CCC3(CCCCCCCC3)CN2)C[C@@H]1C. The van der Waals surface area contributed by atoms with Crippen molar-refractivity contribution < 1.29 is 27.5 Å². The third-order valence-electron chi connectivity index (χ3n) is 9.17. The van der Waals surface area contributed by atoms with Gasteiger partial charge in [0, 0.05) is 12.8 Å². The molecule has 1 saturated heterocycles. The van der Waals surface area contributed by atoms with Crippen LogP contribution in [0.4, 0.5) is 21.0 Å². The topological polar surface area (TPSA) is 105 Å². The molecule has 2 aliphatic heterocycles. The zero-order valence-electron chi connectivity index (χ0n) is 24.9. The largest absolute Gasteiger partial charge is 0.452 e. The maximum Gasteiger partial charge on any atom is 0.416 e. The molecule has 1 aliphatic carbocycles. The van der Waals surface area contributed by atoms with Crippen LogP contribution in [0.15, 0.2) is 47.4 Å². The highest BCUT2D eigenvalue weighted by Gasteiger charge is 2.39. The Morgan fingerprint density at radius 3 is 2.12 bits per heavy atom. The van der Waals surface area contributed by atoms with E-state index in [-0.39, 0.29) is 23.7 Å². The molecule has 228 valence electrons. The molecule has 1 N–H and O–H groups in total. The lowest BCUT2D eigenvalue weighted by Crippen LogP contribution is -2.54. The molecular weight excluding hydrogens is 554 g/mol. The first kappa shape index (κ1) is 30.4. The second kappa shape index (κ2) is 12.6. The highest BCUT2D eigenvalue weighted by atomic mass is 32.2. The molecule has 9 nitrogen and oxygen atoms in total. The van der Waals surface area contributed by atoms with Gasteiger partial charge in [-0.15, -0.1) is 0 Å². The van der Waals surface area contributed by atoms with Crippen molar-refractivity contribution in [3.8, 4) is 11.1 Å². The average molecular weight is 598 g/mol. The third-order valence-corrected chi connectivity index (χ3v) is 10.3. The molecule has 2 aromatic rings. The Bertz CT molecular complexity index is 1370. The first-order valence-electron chi connectivity index (χ1n) is 15.1. The minimum Gasteiger partial charge on any atom is -0.452 e. The summed E-state index contributed by atoms with van der Waals surface area (Å²) >= 11 is 0. The molecule has 42 heavy (non-hydrogen) atoms. The molecule has 2 amide bonds. The number of nitrogens with one attached hydrogen (secondary N) is 1. The normalized spacial score (nSPS) is 22.8. The van der Waals surface area contributed by atoms with Crippen LogP contribution in [-0.2, 0) is 19.3 Å². The molecule has 0 radical (unpaired) electrons. The number of methoxy groups -OCH3 is 1. The van der Waals surface area contributed by atoms with Gasteiger partial charge in [-0.25, -0.2) is 18.0 Å². The fourth-order valence-electron chi connectivity index (χ4n) is 6.75. The Morgan fingerprint density at radius 2 is 1.52 bits per heavy atom. The highest BCUT2D eigenvalue weighted by Crippen LogP contribution is 2.42. The summed E-state index contributed by atoms with van der Waals surface area (Å²) in [6, 6.07) is 11.8. The number of amides is 2. The molecular formula is C32H43N3O6S. The lowest BCUT2D eigenvalue weighted by Gasteiger charge is -2.43. The predicted molar refractivity (Wildman–Crippen MR) is 164 cm³/mol. The number of ether oxygens (including phenoxy) is 2. The molecule has 2 fully saturated rings. The van der Waals surface area contributed by atoms with Crippen molar-refractivity contribution in [1.29, 1.82) is 0 Å². The second-order valence-electron chi connectivity index (χ2n) is 12.2. The van der Waals surface area contributed by atoms with Crippen molar-refractivity contribution in [2.45, 2.75) is 88.3 Å². The lowest BCUT2D eigenvalue weighted by atomic mass is 9.73. The van der Waals surface area contributed by atoms with Crippen molar-refractivity contribution in [2.24, 2.45) is 5.41 Å². The van der Waals surface area contributed by atoms with Gasteiger partial charge in [0.2, 0.25) is 0 Å². The van der Waals surface area contributed by atoms with Crippen molar-refractivity contribution in [3.05, 3.63) is 42.5 Å². The van der Waals surface area contributed by atoms with E-state index in [9.17, 15) is 18.0 Å². The molecule has 2 aromatic carbocycles. The van der Waals surface area contributed by atoms with Gasteiger partial charge in [0.1, 0.15) is 0 Å². The smallest absolute Gasteiger partial charge is 0.416 e. The number of nitrogens with zero attached hydrogens (tertiary/aromatic N) is 2. The Hall–Kier alpha value is -3.11. The Labute approximate surface area is 249 Å². The predicted octanol–water partition coefficient (Wildman–Crippen LogP) is 6.51. The van der Waals surface area contributed by atoms with E-state index in [1.54, 1.807) is 40.1 Å². The van der Waals surface area contributed by atoms with Crippen molar-refractivity contribution in [1.82, 2.24) is 5.32 Å². The van der Waals surface area contributed by atoms with E-state index in [4.69, 9.17) is 9.47 Å². The fourth-order valence-corrected chi connectivity index (χ4v) is 7.38. The summed E-state index contributed by atoms with van der Waals surface area (Å²) in [5.41, 5.74) is 2.95. The average Bonchev–Trinajstić information content (AvgIpc) is 3.09. The molecule has 0 bridgehead atoms. The van der Waals surface area contributed by atoms with Gasteiger partial charge in [-0.05, 0) is 73.4 Å². The monoisotopic (exact) mass is 597 g/mol. The Morgan fingerprint density at radius 1 is 0.881 bits per heavy atom. The molecule has 10 heteroatoms. The molecule has 5 rings (SSSR count). The van der Waals surface area contributed by atoms with Crippen LogP contribution in [0.25, 0.3) is 11.1 Å². The number of hydrogen-bond donors (Lipinski definition) is 1. The molecule has 1 unspecified atom stereocenters. The summed E-state index contributed by atoms with van der Waals surface area (Å²) in [7, 11) is -1.98. The summed E-state index contributed by atoms with van der Waals surface area (Å²) in [5.74, 6) is 0. The van der Waals surface area contributed by atoms with Gasteiger partial charge in [0.15, 0.2) is 16.1 Å². The van der Waals surface area contributed by atoms with Crippen LogP contribution in [0, 0.1) is 5.41 Å². The summed E-state index contributed by atoms with van der Waals surface area (Å²) in [6.45, 7) is 2.98. The molecule has 3 aliphatic rings. The minimum absolute atomic E-state index is 0.233. The Kier molecular flexibility index (Phi) is 9.13. The maximum absolute atomic E-state index is 13.7. The number of carbonyl (C=O) groups is 2. The number of anilines is 2. The summed E-state index contributed by atoms with van der Waals surface area (Å²) in [5, 5.41) is 3.54. The summed E-state index contributed by atoms with van der Waals surface area (Å²) < 4.78 is 35.0. The van der Waals surface area contributed by atoms with Crippen LogP contribution in [0.1, 0.15) is 71.1 Å². The van der Waals surface area contributed by atoms with Crippen LogP contribution in [0.3, 0.4) is 0 Å². The van der Waals surface area contributed by atoms with Crippen LogP contribution >= 0.6 is 0 Å². The van der Waals surface area contributed by atoms with E-state index < -0.39 is 22.0 Å². The first-order valence-corrected chi connectivity index (χ1v) is 17.0. The van der Waals surface area contributed by atoms with E-state index in [0.717, 1.165) is 30.5 Å². The maximum atomic E-state index is 13.7. The Balaban J connectivity index is 1.37. The quantitative estimate of drug-likeness (QED) is 0.430. The van der Waals surface area contributed by atoms with Gasteiger partial charge in [-0.1, -0.05) is 56.7 Å². The number of carbonyl (C=O) groups excluding carboxylic acids is 2. The third kappa shape index (κ3) is 6.59. The molecule has 0 aromatic heterocycles. The van der Waals surface area contributed by atoms with Crippen LogP contribution in [0.2, 0.25) is 0 Å². The van der Waals surface area contributed by atoms with E-state index in [1.165, 1.54) is 64.7 Å². The van der Waals surface area contributed by atoms with Gasteiger partial charge >= 0.3 is 12.2 Å². The van der Waals surface area contributed by atoms with Crippen LogP contribution in [-0.4, -0.2) is 59.3 Å². The van der Waals surface area contributed by atoms with E-state index in [0.29, 0.717) is 16.8 Å². The standard InChI is InChI=1S/C32H43N3O6S/c1-23-21-34(30(36)41-29-16-19-32(22-33-29)17-8-6-4-5-7-9-18-32)28-20-25(12-15-27(28)35(23)31(37)40-2)24-10-13-26(14-11-24)42(3,38)39/h10-15,20,23,29,33H,4-9,16-19,21-22H2,1-3H3/t23-,29?/m0/s1. The highest BCUT2D eigenvalue weighted by molar-refractivity contribution is 7.90. The number of rotatable bonds is 3. The summed E-state index contributed by atoms with van der Waals surface area (Å²) in [6.07, 6.45) is 12.0. The van der Waals surface area contributed by atoms with Gasteiger partial charge in [0.25, 0.3) is 0 Å². The molecule has 1 saturated carbocycles. The van der Waals surface area contributed by atoms with Gasteiger partial charge in [-0.2, -0.15) is 0 Å². The zero-order chi connectivity index (χ0) is 29.9. The van der Waals surface area contributed by atoms with Crippen molar-refractivity contribution in [3.63, 3.8) is 0 Å². The lowest BCUT2D eigenvalue weighted by molar-refractivity contribution is 0.0221. The number of hydrogen-bond acceptors (Lipinski definition) is 7. The first-order chi connectivity index (χ1) is 20.1. The van der Waals surface area contributed by atoms with E-state index in [1.807, 2.05) is 19.1 Å². The van der Waals surface area contributed by atoms with Crippen molar-refractivity contribution in [2.75, 3.05) is 36.3 Å². The zero-order valence-corrected chi connectivity index (χ0v) is 25.8. The van der Waals surface area contributed by atoms with Gasteiger partial charge in [0.05, 0.1) is 36.0 Å². The van der Waals surface area contributed by atoms with Crippen molar-refractivity contribution >= 4 is 33.4 Å². The summed E-state index contributed by atoms with van der Waals surface area (Å²) in [4.78, 5) is 29.8. The number of sulfone groups is 1. The minimum atomic E-state index is -3.32. The van der Waals surface area contributed by atoms with E-state index >= 15 is 0 Å². The van der Waals surface area contributed by atoms with Crippen LogP contribution in [0.5, 0.6) is 0 Å². The number of fused-ring (bicyclic) bond motifs is 1. The fraction of sp³-hybridized carbons (Fsp3) is 0.562. The molecule has 2 heterocycles. The van der Waals surface area contributed by atoms with Crippen LogP contribution < -0.4 is 15.1 Å². The van der Waals surface area contributed by atoms with E-state index in [2.05, 4.69) is 5.32 Å². The van der Waals surface area contributed by atoms with Gasteiger partial charge in [-0.3, -0.25) is 15.1 Å². The van der Waals surface area contributed by atoms with Gasteiger partial charge < -0.3 is 9.47 Å². The molecule has 2 atom stereocenters. The number of piperidine rings is 1. The second-order valence-corrected chi connectivity index (χ2v) is 14.2.